The lowest BCUT2D eigenvalue weighted by molar-refractivity contribution is -0.128. The van der Waals surface area contributed by atoms with Crippen molar-refractivity contribution in [1.29, 1.82) is 0 Å². The van der Waals surface area contributed by atoms with Gasteiger partial charge in [0.1, 0.15) is 6.61 Å². The summed E-state index contributed by atoms with van der Waals surface area (Å²) in [5.74, 6) is -1.22. The Hall–Kier alpha value is -0.720. The van der Waals surface area contributed by atoms with Crippen LogP contribution in [0.3, 0.4) is 0 Å². The summed E-state index contributed by atoms with van der Waals surface area (Å²) >= 11 is 15.9. The van der Waals surface area contributed by atoms with Crippen LogP contribution < -0.4 is 5.32 Å². The quantitative estimate of drug-likeness (QED) is 0.465. The van der Waals surface area contributed by atoms with Crippen LogP contribution in [-0.4, -0.2) is 34.5 Å². The lowest BCUT2D eigenvalue weighted by Crippen LogP contribution is -2.29. The predicted molar refractivity (Wildman–Crippen MR) is 54.3 cm³/mol. The van der Waals surface area contributed by atoms with Crippen LogP contribution in [0.1, 0.15) is 6.42 Å². The maximum absolute atomic E-state index is 11.0. The van der Waals surface area contributed by atoms with Crippen LogP contribution >= 0.6 is 34.8 Å². The van der Waals surface area contributed by atoms with Crippen molar-refractivity contribution in [3.8, 4) is 0 Å². The van der Waals surface area contributed by atoms with E-state index in [4.69, 9.17) is 34.8 Å². The fourth-order valence-corrected chi connectivity index (χ4v) is 1.08. The molecule has 1 aliphatic rings. The largest absolute Gasteiger partial charge is 0.509 e. The molecule has 0 aromatic heterocycles. The molecule has 0 spiro atoms. The number of amides is 2. The van der Waals surface area contributed by atoms with E-state index in [-0.39, 0.29) is 6.42 Å². The molecule has 0 radical (unpaired) electrons. The molecule has 0 aliphatic carbocycles. The van der Waals surface area contributed by atoms with E-state index in [1.165, 1.54) is 0 Å². The van der Waals surface area contributed by atoms with Crippen LogP contribution in [0.15, 0.2) is 0 Å². The van der Waals surface area contributed by atoms with Gasteiger partial charge in [0.2, 0.25) is 9.70 Å². The van der Waals surface area contributed by atoms with Crippen molar-refractivity contribution in [2.24, 2.45) is 0 Å². The molecule has 0 bridgehead atoms. The molecule has 9 heteroatoms. The summed E-state index contributed by atoms with van der Waals surface area (Å²) < 4.78 is 7.17. The number of imide groups is 1. The molecule has 90 valence electrons. The molecule has 1 fully saturated rings. The Morgan fingerprint density at radius 3 is 2.50 bits per heavy atom. The first-order valence-corrected chi connectivity index (χ1v) is 5.15. The first-order chi connectivity index (χ1) is 7.28. The Kier molecular flexibility index (Phi) is 4.23. The highest BCUT2D eigenvalue weighted by Gasteiger charge is 2.34. The molecule has 1 saturated heterocycles. The minimum Gasteiger partial charge on any atom is -0.430 e. The zero-order valence-corrected chi connectivity index (χ0v) is 9.93. The van der Waals surface area contributed by atoms with Crippen LogP contribution in [0.5, 0.6) is 0 Å². The fourth-order valence-electron chi connectivity index (χ4n) is 0.916. The number of hydrogen-bond donors (Lipinski definition) is 1. The third-order valence-electron chi connectivity index (χ3n) is 1.52. The molecule has 1 rings (SSSR count). The SMILES string of the molecule is O=C1CC(OC(=O)OCC(Cl)(Cl)Cl)C(=O)N1. The number of halogens is 3. The van der Waals surface area contributed by atoms with Crippen molar-refractivity contribution in [3.05, 3.63) is 0 Å². The van der Waals surface area contributed by atoms with Crippen LogP contribution in [-0.2, 0) is 19.1 Å². The van der Waals surface area contributed by atoms with Crippen molar-refractivity contribution in [2.45, 2.75) is 16.3 Å². The van der Waals surface area contributed by atoms with Gasteiger partial charge in [0.15, 0.2) is 6.10 Å². The van der Waals surface area contributed by atoms with Gasteiger partial charge >= 0.3 is 6.16 Å². The van der Waals surface area contributed by atoms with Gasteiger partial charge < -0.3 is 9.47 Å². The summed E-state index contributed by atoms with van der Waals surface area (Å²) in [6.45, 7) is -0.515. The van der Waals surface area contributed by atoms with Crippen molar-refractivity contribution in [1.82, 2.24) is 5.32 Å². The van der Waals surface area contributed by atoms with Gasteiger partial charge in [0.25, 0.3) is 5.91 Å². The Morgan fingerprint density at radius 1 is 1.44 bits per heavy atom. The molecule has 1 unspecified atom stereocenters. The van der Waals surface area contributed by atoms with Crippen LogP contribution in [0.2, 0.25) is 0 Å². The standard InChI is InChI=1S/C7H6Cl3NO5/c8-7(9,10)2-15-6(14)16-3-1-4(12)11-5(3)13/h3H,1-2H2,(H,11,12,13). The smallest absolute Gasteiger partial charge is 0.430 e. The second kappa shape index (κ2) is 5.07. The van der Waals surface area contributed by atoms with Gasteiger partial charge in [-0.3, -0.25) is 14.9 Å². The Bertz CT molecular complexity index is 326. The molecule has 0 saturated carbocycles. The number of carbonyl (C=O) groups is 3. The average Bonchev–Trinajstić information content (AvgIpc) is 2.41. The zero-order chi connectivity index (χ0) is 12.3. The van der Waals surface area contributed by atoms with Crippen molar-refractivity contribution in [3.63, 3.8) is 0 Å². The van der Waals surface area contributed by atoms with E-state index in [0.29, 0.717) is 0 Å². The fraction of sp³-hybridized carbons (Fsp3) is 0.571. The molecule has 6 nitrogen and oxygen atoms in total. The molecule has 0 aromatic rings. The number of ether oxygens (including phenoxy) is 2. The van der Waals surface area contributed by atoms with Crippen LogP contribution in [0, 0.1) is 0 Å². The summed E-state index contributed by atoms with van der Waals surface area (Å²) in [6, 6.07) is 0. The summed E-state index contributed by atoms with van der Waals surface area (Å²) in [6.07, 6.45) is -2.60. The minimum atomic E-state index is -1.76. The number of alkyl halides is 3. The lowest BCUT2D eigenvalue weighted by Gasteiger charge is -2.12. The first-order valence-electron chi connectivity index (χ1n) is 4.02. The van der Waals surface area contributed by atoms with Gasteiger partial charge in [-0.15, -0.1) is 0 Å². The predicted octanol–water partition coefficient (Wildman–Crippen LogP) is 0.925. The second-order valence-corrected chi connectivity index (χ2v) is 5.39. The lowest BCUT2D eigenvalue weighted by atomic mass is 10.3. The van der Waals surface area contributed by atoms with Crippen molar-refractivity contribution < 1.29 is 23.9 Å². The number of carbonyl (C=O) groups excluding carboxylic acids is 3. The minimum absolute atomic E-state index is 0.234. The Balaban J connectivity index is 2.35. The first kappa shape index (κ1) is 13.3. The van der Waals surface area contributed by atoms with E-state index in [0.717, 1.165) is 0 Å². The number of nitrogens with one attached hydrogen (secondary N) is 1. The number of hydrogen-bond acceptors (Lipinski definition) is 5. The molecule has 1 atom stereocenters. The second-order valence-electron chi connectivity index (χ2n) is 2.88. The summed E-state index contributed by atoms with van der Waals surface area (Å²) in [5.41, 5.74) is 0. The van der Waals surface area contributed by atoms with E-state index in [9.17, 15) is 14.4 Å². The van der Waals surface area contributed by atoms with E-state index in [1.807, 2.05) is 5.32 Å². The van der Waals surface area contributed by atoms with E-state index in [1.54, 1.807) is 0 Å². The van der Waals surface area contributed by atoms with E-state index in [2.05, 4.69) is 9.47 Å². The van der Waals surface area contributed by atoms with Crippen molar-refractivity contribution in [2.75, 3.05) is 6.61 Å². The van der Waals surface area contributed by atoms with Gasteiger partial charge in [-0.05, 0) is 0 Å². The van der Waals surface area contributed by atoms with Gasteiger partial charge in [-0.25, -0.2) is 4.79 Å². The van der Waals surface area contributed by atoms with Gasteiger partial charge in [-0.1, -0.05) is 34.8 Å². The van der Waals surface area contributed by atoms with E-state index >= 15 is 0 Å². The van der Waals surface area contributed by atoms with Gasteiger partial charge in [0, 0.05) is 0 Å². The monoisotopic (exact) mass is 289 g/mol. The number of rotatable bonds is 2. The van der Waals surface area contributed by atoms with Gasteiger partial charge in [-0.2, -0.15) is 0 Å². The van der Waals surface area contributed by atoms with Gasteiger partial charge in [0.05, 0.1) is 6.42 Å². The molecule has 16 heavy (non-hydrogen) atoms. The van der Waals surface area contributed by atoms with E-state index < -0.39 is 34.5 Å². The average molecular weight is 290 g/mol. The molecule has 1 heterocycles. The Labute approximate surface area is 105 Å². The third-order valence-corrected chi connectivity index (χ3v) is 1.85. The Morgan fingerprint density at radius 2 is 2.06 bits per heavy atom. The normalized spacial score (nSPS) is 20.6. The molecular weight excluding hydrogens is 284 g/mol. The van der Waals surface area contributed by atoms with Crippen LogP contribution in [0.4, 0.5) is 4.79 Å². The third kappa shape index (κ3) is 4.42. The molecule has 0 aromatic carbocycles. The maximum Gasteiger partial charge on any atom is 0.509 e. The highest BCUT2D eigenvalue weighted by Crippen LogP contribution is 2.26. The summed E-state index contributed by atoms with van der Waals surface area (Å²) in [7, 11) is 0. The molecular formula is C7H6Cl3NO5. The van der Waals surface area contributed by atoms with Crippen molar-refractivity contribution >= 4 is 52.8 Å². The summed E-state index contributed by atoms with van der Waals surface area (Å²) in [5, 5.41) is 1.96. The topological polar surface area (TPSA) is 81.7 Å². The summed E-state index contributed by atoms with van der Waals surface area (Å²) in [4.78, 5) is 32.7. The molecule has 2 amide bonds. The highest BCUT2D eigenvalue weighted by atomic mass is 35.6. The van der Waals surface area contributed by atoms with Crippen LogP contribution in [0.25, 0.3) is 0 Å². The zero-order valence-electron chi connectivity index (χ0n) is 7.67. The maximum atomic E-state index is 11.0. The highest BCUT2D eigenvalue weighted by molar-refractivity contribution is 6.67. The molecule has 1 aliphatic heterocycles. The molecule has 1 N–H and O–H groups in total.